The fourth-order valence-corrected chi connectivity index (χ4v) is 1.62. The summed E-state index contributed by atoms with van der Waals surface area (Å²) in [6, 6.07) is 0. The Morgan fingerprint density at radius 2 is 2.06 bits per heavy atom. The Morgan fingerprint density at radius 3 is 2.53 bits per heavy atom. The average molecular weight is 249 g/mol. The van der Waals surface area contributed by atoms with E-state index in [1.54, 1.807) is 6.92 Å². The zero-order valence-corrected chi connectivity index (χ0v) is 9.17. The molecule has 0 spiro atoms. The van der Waals surface area contributed by atoms with Gasteiger partial charge in [0, 0.05) is 11.5 Å². The topological polar surface area (TPSA) is 148 Å². The number of aliphatic hydroxyl groups excluding tert-OH is 4. The molecule has 1 aliphatic heterocycles. The van der Waals surface area contributed by atoms with E-state index in [0.29, 0.717) is 0 Å². The Hall–Kier alpha value is -0.930. The number of hydrogen-bond donors (Lipinski definition) is 4. The van der Waals surface area contributed by atoms with E-state index < -0.39 is 36.9 Å². The molecule has 1 fully saturated rings. The first kappa shape index (κ1) is 14.1. The van der Waals surface area contributed by atoms with E-state index in [2.05, 4.69) is 10.0 Å². The summed E-state index contributed by atoms with van der Waals surface area (Å²) in [4.78, 5) is 2.47. The van der Waals surface area contributed by atoms with E-state index in [1.165, 1.54) is 0 Å². The van der Waals surface area contributed by atoms with Gasteiger partial charge < -0.3 is 29.9 Å². The lowest BCUT2D eigenvalue weighted by molar-refractivity contribution is -0.360. The molecule has 1 heterocycles. The van der Waals surface area contributed by atoms with Crippen LogP contribution in [0.2, 0.25) is 0 Å². The van der Waals surface area contributed by atoms with Gasteiger partial charge in [0.05, 0.1) is 6.61 Å². The number of ether oxygens (including phenoxy) is 2. The van der Waals surface area contributed by atoms with E-state index in [9.17, 15) is 15.3 Å². The number of aliphatic hydroxyl groups is 4. The second-order valence-corrected chi connectivity index (χ2v) is 3.52. The molecule has 0 radical (unpaired) electrons. The largest absolute Gasteiger partial charge is 0.394 e. The summed E-state index contributed by atoms with van der Waals surface area (Å²) in [5.41, 5.74) is 8.42. The first-order valence-electron chi connectivity index (χ1n) is 5.05. The molecule has 4 N–H and O–H groups in total. The van der Waals surface area contributed by atoms with Gasteiger partial charge in [0.25, 0.3) is 5.91 Å². The van der Waals surface area contributed by atoms with Crippen molar-refractivity contribution in [3.05, 3.63) is 10.4 Å². The molecule has 0 aromatic carbocycles. The maximum absolute atomic E-state index is 9.73. The van der Waals surface area contributed by atoms with Crippen LogP contribution in [0.25, 0.3) is 10.4 Å². The third-order valence-electron chi connectivity index (χ3n) is 2.46. The van der Waals surface area contributed by atoms with Crippen LogP contribution < -0.4 is 0 Å². The Bertz CT molecular complexity index is 308. The van der Waals surface area contributed by atoms with Crippen LogP contribution in [0.5, 0.6) is 0 Å². The highest BCUT2D eigenvalue weighted by molar-refractivity contribution is 4.96. The van der Waals surface area contributed by atoms with Crippen molar-refractivity contribution in [2.45, 2.75) is 37.3 Å². The predicted octanol–water partition coefficient (Wildman–Crippen LogP) is -1.54. The third-order valence-corrected chi connectivity index (χ3v) is 2.46. The lowest BCUT2D eigenvalue weighted by Crippen LogP contribution is -2.65. The maximum atomic E-state index is 9.73. The Morgan fingerprint density at radius 1 is 1.41 bits per heavy atom. The highest BCUT2D eigenvalue weighted by Crippen LogP contribution is 2.32. The highest BCUT2D eigenvalue weighted by Gasteiger charge is 2.54. The minimum atomic E-state index is -2.14. The van der Waals surface area contributed by atoms with Gasteiger partial charge in [-0.25, -0.2) is 0 Å². The summed E-state index contributed by atoms with van der Waals surface area (Å²) in [6.45, 7) is 0.980. The zero-order chi connectivity index (χ0) is 13.1. The van der Waals surface area contributed by atoms with Crippen LogP contribution in [0.4, 0.5) is 0 Å². The molecule has 0 unspecified atom stereocenters. The summed E-state index contributed by atoms with van der Waals surface area (Å²) in [6.07, 6.45) is -6.13. The molecule has 5 atom stereocenters. The minimum Gasteiger partial charge on any atom is -0.394 e. The SMILES string of the molecule is CCO[C@]1(N=[N+]=[N-])O[C@H](CO)[C@@H](O)[C@H](O)[C@H]1O. The molecular formula is C8H15N3O6. The smallest absolute Gasteiger partial charge is 0.279 e. The molecule has 0 aromatic rings. The standard InChI is InChI=1S/C8H15N3O6/c1-2-16-8(10-11-9)7(15)6(14)5(13)4(3-12)17-8/h4-7,12-15H,2-3H2,1H3/t4-,5-,6+,7-,8+/m1/s1. The van der Waals surface area contributed by atoms with Gasteiger partial charge in [-0.05, 0) is 17.6 Å². The van der Waals surface area contributed by atoms with Crippen molar-refractivity contribution >= 4 is 0 Å². The van der Waals surface area contributed by atoms with Gasteiger partial charge in [-0.1, -0.05) is 0 Å². The number of azide groups is 1. The normalized spacial score (nSPS) is 41.9. The Labute approximate surface area is 96.8 Å². The van der Waals surface area contributed by atoms with Crippen molar-refractivity contribution in [1.82, 2.24) is 0 Å². The van der Waals surface area contributed by atoms with E-state index in [1.807, 2.05) is 0 Å². The third kappa shape index (κ3) is 2.50. The Balaban J connectivity index is 3.06. The summed E-state index contributed by atoms with van der Waals surface area (Å²) in [7, 11) is 0. The van der Waals surface area contributed by atoms with Gasteiger partial charge in [-0.3, -0.25) is 0 Å². The zero-order valence-electron chi connectivity index (χ0n) is 9.17. The van der Waals surface area contributed by atoms with Crippen molar-refractivity contribution in [2.75, 3.05) is 13.2 Å². The first-order valence-corrected chi connectivity index (χ1v) is 5.05. The molecular weight excluding hydrogens is 234 g/mol. The first-order chi connectivity index (χ1) is 8.02. The van der Waals surface area contributed by atoms with Crippen LogP contribution in [0.15, 0.2) is 5.11 Å². The summed E-state index contributed by atoms with van der Waals surface area (Å²) >= 11 is 0. The average Bonchev–Trinajstić information content (AvgIpc) is 2.32. The molecule has 0 amide bonds. The van der Waals surface area contributed by atoms with Gasteiger partial charge in [0.2, 0.25) is 0 Å². The highest BCUT2D eigenvalue weighted by atomic mass is 16.7. The lowest BCUT2D eigenvalue weighted by atomic mass is 9.97. The summed E-state index contributed by atoms with van der Waals surface area (Å²) in [5, 5.41) is 40.9. The maximum Gasteiger partial charge on any atom is 0.279 e. The fourth-order valence-electron chi connectivity index (χ4n) is 1.62. The minimum absolute atomic E-state index is 0.0387. The van der Waals surface area contributed by atoms with Crippen LogP contribution in [0, 0.1) is 0 Å². The van der Waals surface area contributed by atoms with E-state index in [-0.39, 0.29) is 6.61 Å². The molecule has 1 aliphatic rings. The van der Waals surface area contributed by atoms with Crippen molar-refractivity contribution in [2.24, 2.45) is 5.11 Å². The molecule has 0 bridgehead atoms. The van der Waals surface area contributed by atoms with Gasteiger partial charge in [0.1, 0.15) is 24.4 Å². The van der Waals surface area contributed by atoms with E-state index >= 15 is 0 Å². The van der Waals surface area contributed by atoms with Crippen molar-refractivity contribution in [3.8, 4) is 0 Å². The molecule has 1 rings (SSSR count). The summed E-state index contributed by atoms with van der Waals surface area (Å²) in [5.74, 6) is -2.14. The predicted molar refractivity (Wildman–Crippen MR) is 53.5 cm³/mol. The molecule has 9 heteroatoms. The van der Waals surface area contributed by atoms with Crippen LogP contribution in [-0.2, 0) is 9.47 Å². The molecule has 9 nitrogen and oxygen atoms in total. The molecule has 0 aliphatic carbocycles. The van der Waals surface area contributed by atoms with Crippen molar-refractivity contribution in [3.63, 3.8) is 0 Å². The molecule has 0 saturated carbocycles. The van der Waals surface area contributed by atoms with Crippen LogP contribution in [-0.4, -0.2) is 64.0 Å². The molecule has 1 saturated heterocycles. The number of hydrogen-bond acceptors (Lipinski definition) is 7. The van der Waals surface area contributed by atoms with Gasteiger partial charge in [0.15, 0.2) is 0 Å². The van der Waals surface area contributed by atoms with Gasteiger partial charge in [-0.2, -0.15) is 0 Å². The monoisotopic (exact) mass is 249 g/mol. The fraction of sp³-hybridized carbons (Fsp3) is 1.00. The van der Waals surface area contributed by atoms with Gasteiger partial charge >= 0.3 is 0 Å². The van der Waals surface area contributed by atoms with Crippen LogP contribution in [0.1, 0.15) is 6.92 Å². The second kappa shape index (κ2) is 5.61. The number of nitrogens with zero attached hydrogens (tertiary/aromatic N) is 3. The Kier molecular flexibility index (Phi) is 4.66. The second-order valence-electron chi connectivity index (χ2n) is 3.52. The van der Waals surface area contributed by atoms with Crippen LogP contribution in [0.3, 0.4) is 0 Å². The molecule has 98 valence electrons. The van der Waals surface area contributed by atoms with Crippen molar-refractivity contribution < 1.29 is 29.9 Å². The quantitative estimate of drug-likeness (QED) is 0.269. The molecule has 17 heavy (non-hydrogen) atoms. The lowest BCUT2D eigenvalue weighted by Gasteiger charge is -2.45. The van der Waals surface area contributed by atoms with E-state index in [0.717, 1.165) is 0 Å². The van der Waals surface area contributed by atoms with E-state index in [4.69, 9.17) is 20.1 Å². The van der Waals surface area contributed by atoms with Crippen molar-refractivity contribution in [1.29, 1.82) is 0 Å². The summed E-state index contributed by atoms with van der Waals surface area (Å²) < 4.78 is 10.0. The number of rotatable bonds is 4. The van der Waals surface area contributed by atoms with Crippen LogP contribution >= 0.6 is 0 Å². The molecule has 0 aromatic heterocycles. The van der Waals surface area contributed by atoms with Gasteiger partial charge in [-0.15, -0.1) is 0 Å².